The van der Waals surface area contributed by atoms with Gasteiger partial charge in [-0.05, 0) is 12.0 Å². The Morgan fingerprint density at radius 3 is 2.76 bits per heavy atom. The molecule has 0 aliphatic rings. The van der Waals surface area contributed by atoms with Crippen molar-refractivity contribution in [3.05, 3.63) is 52.0 Å². The summed E-state index contributed by atoms with van der Waals surface area (Å²) < 4.78 is 0. The largest absolute Gasteiger partial charge is 0.481 e. The van der Waals surface area contributed by atoms with Crippen molar-refractivity contribution in [3.8, 4) is 0 Å². The van der Waals surface area contributed by atoms with Crippen molar-refractivity contribution in [1.29, 1.82) is 0 Å². The van der Waals surface area contributed by atoms with Crippen molar-refractivity contribution in [2.45, 2.75) is 19.3 Å². The zero-order chi connectivity index (χ0) is 12.1. The first-order valence-electron chi connectivity index (χ1n) is 5.43. The van der Waals surface area contributed by atoms with Gasteiger partial charge in [0.25, 0.3) is 0 Å². The number of carboxylic acids is 1. The van der Waals surface area contributed by atoms with Crippen molar-refractivity contribution in [2.75, 3.05) is 0 Å². The molecule has 17 heavy (non-hydrogen) atoms. The quantitative estimate of drug-likeness (QED) is 0.883. The maximum absolute atomic E-state index is 10.5. The maximum Gasteiger partial charge on any atom is 0.303 e. The number of carboxylic acid groups (broad SMARTS) is 1. The first kappa shape index (κ1) is 11.8. The Kier molecular flexibility index (Phi) is 3.88. The van der Waals surface area contributed by atoms with Gasteiger partial charge < -0.3 is 5.11 Å². The van der Waals surface area contributed by atoms with Gasteiger partial charge in [-0.2, -0.15) is 0 Å². The third kappa shape index (κ3) is 3.67. The van der Waals surface area contributed by atoms with Crippen LogP contribution in [0.1, 0.15) is 21.9 Å². The maximum atomic E-state index is 10.5. The number of aryl methyl sites for hydroxylation is 1. The average molecular weight is 247 g/mol. The highest BCUT2D eigenvalue weighted by atomic mass is 32.1. The van der Waals surface area contributed by atoms with E-state index < -0.39 is 5.97 Å². The molecule has 0 atom stereocenters. The monoisotopic (exact) mass is 247 g/mol. The van der Waals surface area contributed by atoms with E-state index in [9.17, 15) is 4.79 Å². The molecule has 0 aliphatic carbocycles. The molecule has 0 fully saturated rings. The number of nitrogens with zero attached hydrogens (tertiary/aromatic N) is 1. The van der Waals surface area contributed by atoms with Gasteiger partial charge in [-0.1, -0.05) is 30.3 Å². The topological polar surface area (TPSA) is 50.2 Å². The lowest BCUT2D eigenvalue weighted by molar-refractivity contribution is -0.136. The van der Waals surface area contributed by atoms with Crippen LogP contribution < -0.4 is 0 Å². The SMILES string of the molecule is O=C(O)CCc1cnc(Cc2ccccc2)s1. The van der Waals surface area contributed by atoms with Crippen LogP contribution in [0.25, 0.3) is 0 Å². The lowest BCUT2D eigenvalue weighted by Crippen LogP contribution is -1.95. The molecule has 1 aromatic heterocycles. The third-order valence-corrected chi connectivity index (χ3v) is 3.44. The van der Waals surface area contributed by atoms with E-state index in [1.165, 1.54) is 5.56 Å². The van der Waals surface area contributed by atoms with Crippen LogP contribution in [0, 0.1) is 0 Å². The van der Waals surface area contributed by atoms with Gasteiger partial charge in [0, 0.05) is 17.5 Å². The first-order chi connectivity index (χ1) is 8.24. The highest BCUT2D eigenvalue weighted by Crippen LogP contribution is 2.18. The van der Waals surface area contributed by atoms with Crippen LogP contribution in [-0.4, -0.2) is 16.1 Å². The summed E-state index contributed by atoms with van der Waals surface area (Å²) in [5.41, 5.74) is 1.23. The van der Waals surface area contributed by atoms with E-state index >= 15 is 0 Å². The summed E-state index contributed by atoms with van der Waals surface area (Å²) in [5, 5.41) is 9.64. The van der Waals surface area contributed by atoms with Crippen LogP contribution in [0.2, 0.25) is 0 Å². The zero-order valence-corrected chi connectivity index (χ0v) is 10.1. The van der Waals surface area contributed by atoms with Crippen LogP contribution in [-0.2, 0) is 17.6 Å². The summed E-state index contributed by atoms with van der Waals surface area (Å²) in [5.74, 6) is -0.761. The molecule has 1 N–H and O–H groups in total. The highest BCUT2D eigenvalue weighted by Gasteiger charge is 2.05. The van der Waals surface area contributed by atoms with Crippen molar-refractivity contribution in [3.63, 3.8) is 0 Å². The Labute approximate surface area is 104 Å². The summed E-state index contributed by atoms with van der Waals surface area (Å²) in [6.45, 7) is 0. The third-order valence-electron chi connectivity index (χ3n) is 2.38. The number of hydrogen-bond acceptors (Lipinski definition) is 3. The standard InChI is InChI=1S/C13H13NO2S/c15-13(16)7-6-11-9-14-12(17-11)8-10-4-2-1-3-5-10/h1-5,9H,6-8H2,(H,15,16). The Morgan fingerprint density at radius 2 is 2.06 bits per heavy atom. The number of thiazole rings is 1. The van der Waals surface area contributed by atoms with Crippen molar-refractivity contribution in [1.82, 2.24) is 4.98 Å². The lowest BCUT2D eigenvalue weighted by atomic mass is 10.2. The molecule has 0 unspecified atom stereocenters. The molecule has 0 bridgehead atoms. The Morgan fingerprint density at radius 1 is 1.29 bits per heavy atom. The highest BCUT2D eigenvalue weighted by molar-refractivity contribution is 7.11. The van der Waals surface area contributed by atoms with Crippen molar-refractivity contribution in [2.24, 2.45) is 0 Å². The summed E-state index contributed by atoms with van der Waals surface area (Å²) in [7, 11) is 0. The molecule has 2 rings (SSSR count). The molecule has 88 valence electrons. The van der Waals surface area contributed by atoms with Crippen LogP contribution >= 0.6 is 11.3 Å². The van der Waals surface area contributed by atoms with Crippen LogP contribution in [0.3, 0.4) is 0 Å². The van der Waals surface area contributed by atoms with Gasteiger partial charge in [-0.3, -0.25) is 4.79 Å². The number of hydrogen-bond donors (Lipinski definition) is 1. The minimum absolute atomic E-state index is 0.174. The number of benzene rings is 1. The molecule has 1 heterocycles. The van der Waals surface area contributed by atoms with Gasteiger partial charge in [-0.15, -0.1) is 11.3 Å². The van der Waals surface area contributed by atoms with Gasteiger partial charge in [0.15, 0.2) is 0 Å². The Bertz CT molecular complexity index is 493. The van der Waals surface area contributed by atoms with E-state index in [4.69, 9.17) is 5.11 Å². The molecular formula is C13H13NO2S. The molecule has 4 heteroatoms. The fourth-order valence-corrected chi connectivity index (χ4v) is 2.50. The molecule has 3 nitrogen and oxygen atoms in total. The van der Waals surface area contributed by atoms with Gasteiger partial charge in [-0.25, -0.2) is 4.98 Å². The van der Waals surface area contributed by atoms with E-state index in [0.29, 0.717) is 6.42 Å². The van der Waals surface area contributed by atoms with Gasteiger partial charge in [0.2, 0.25) is 0 Å². The van der Waals surface area contributed by atoms with Crippen LogP contribution in [0.4, 0.5) is 0 Å². The van der Waals surface area contributed by atoms with E-state index in [1.807, 2.05) is 18.2 Å². The predicted octanol–water partition coefficient (Wildman–Crippen LogP) is 2.75. The van der Waals surface area contributed by atoms with E-state index in [1.54, 1.807) is 17.5 Å². The normalized spacial score (nSPS) is 10.4. The second-order valence-corrected chi connectivity index (χ2v) is 4.98. The van der Waals surface area contributed by atoms with Crippen LogP contribution in [0.5, 0.6) is 0 Å². The fourth-order valence-electron chi connectivity index (χ4n) is 1.55. The smallest absolute Gasteiger partial charge is 0.303 e. The zero-order valence-electron chi connectivity index (χ0n) is 9.30. The molecule has 0 spiro atoms. The lowest BCUT2D eigenvalue weighted by Gasteiger charge is -1.96. The summed E-state index contributed by atoms with van der Waals surface area (Å²) in [4.78, 5) is 15.8. The Balaban J connectivity index is 1.97. The second-order valence-electron chi connectivity index (χ2n) is 3.78. The molecule has 0 aliphatic heterocycles. The molecule has 0 radical (unpaired) electrons. The Hall–Kier alpha value is -1.68. The summed E-state index contributed by atoms with van der Waals surface area (Å²) >= 11 is 1.60. The predicted molar refractivity (Wildman–Crippen MR) is 67.3 cm³/mol. The first-order valence-corrected chi connectivity index (χ1v) is 6.25. The van der Waals surface area contributed by atoms with E-state index in [2.05, 4.69) is 17.1 Å². The van der Waals surface area contributed by atoms with Gasteiger partial charge >= 0.3 is 5.97 Å². The van der Waals surface area contributed by atoms with E-state index in [-0.39, 0.29) is 6.42 Å². The van der Waals surface area contributed by atoms with Crippen molar-refractivity contribution >= 4 is 17.3 Å². The average Bonchev–Trinajstić information content (AvgIpc) is 2.75. The van der Waals surface area contributed by atoms with Gasteiger partial charge in [0.05, 0.1) is 11.4 Å². The molecule has 0 saturated carbocycles. The fraction of sp³-hybridized carbons (Fsp3) is 0.231. The minimum Gasteiger partial charge on any atom is -0.481 e. The van der Waals surface area contributed by atoms with Crippen molar-refractivity contribution < 1.29 is 9.90 Å². The summed E-state index contributed by atoms with van der Waals surface area (Å²) in [6, 6.07) is 10.1. The number of aromatic nitrogens is 1. The van der Waals surface area contributed by atoms with Gasteiger partial charge in [0.1, 0.15) is 0 Å². The van der Waals surface area contributed by atoms with E-state index in [0.717, 1.165) is 16.3 Å². The molecule has 2 aromatic rings. The number of aliphatic carboxylic acids is 1. The number of carbonyl (C=O) groups is 1. The molecule has 0 saturated heterocycles. The molecule has 1 aromatic carbocycles. The molecular weight excluding hydrogens is 234 g/mol. The van der Waals surface area contributed by atoms with Crippen LogP contribution in [0.15, 0.2) is 36.5 Å². The number of rotatable bonds is 5. The molecule has 0 amide bonds. The minimum atomic E-state index is -0.761. The summed E-state index contributed by atoms with van der Waals surface area (Å²) in [6.07, 6.45) is 3.35. The second kappa shape index (κ2) is 5.59.